The molecular weight excluding hydrogens is 292 g/mol. The lowest BCUT2D eigenvalue weighted by Gasteiger charge is -2.05. The third-order valence-electron chi connectivity index (χ3n) is 5.21. The van der Waals surface area contributed by atoms with Crippen molar-refractivity contribution in [2.75, 3.05) is 7.11 Å². The van der Waals surface area contributed by atoms with E-state index in [0.29, 0.717) is 0 Å². The lowest BCUT2D eigenvalue weighted by Crippen LogP contribution is -1.85. The molecule has 3 rings (SSSR count). The Morgan fingerprint density at radius 1 is 0.625 bits per heavy atom. The molecule has 0 atom stereocenters. The van der Waals surface area contributed by atoms with Gasteiger partial charge < -0.3 is 5.11 Å². The molecule has 0 saturated heterocycles. The Labute approximate surface area is 155 Å². The summed E-state index contributed by atoms with van der Waals surface area (Å²) in [6.45, 7) is 8.98. The molecule has 0 spiro atoms. The van der Waals surface area contributed by atoms with E-state index in [1.165, 1.54) is 103 Å². The van der Waals surface area contributed by atoms with Crippen LogP contribution in [0.15, 0.2) is 0 Å². The summed E-state index contributed by atoms with van der Waals surface area (Å²) in [6.07, 6.45) is 23.8. The SMILES string of the molecule is C1CCCC1.C1CCCCC1.CC1CCCC1.CCC(C)C.CO. The molecule has 0 unspecified atom stereocenters. The molecule has 1 nitrogen and oxygen atoms in total. The van der Waals surface area contributed by atoms with E-state index in [4.69, 9.17) is 5.11 Å². The second kappa shape index (κ2) is 23.0. The van der Waals surface area contributed by atoms with Crippen molar-refractivity contribution in [1.82, 2.24) is 0 Å². The van der Waals surface area contributed by atoms with Crippen LogP contribution in [0, 0.1) is 11.8 Å². The maximum absolute atomic E-state index is 7.00. The standard InChI is InChI=1S/2C6H12.C5H10.C5H12.CH4O/c1-6-4-2-3-5-6;1-2-4-6-5-3-1;1-2-4-5-3-1;1-4-5(2)3;1-2/h6H,2-5H2,1H3;1-6H2;1-5H2;5H,4H2,1-3H3;2H,1H3. The van der Waals surface area contributed by atoms with Gasteiger partial charge in [0.05, 0.1) is 0 Å². The summed E-state index contributed by atoms with van der Waals surface area (Å²) >= 11 is 0. The zero-order valence-corrected chi connectivity index (χ0v) is 17.9. The van der Waals surface area contributed by atoms with Crippen LogP contribution in [0.2, 0.25) is 0 Å². The number of rotatable bonds is 1. The molecule has 148 valence electrons. The van der Waals surface area contributed by atoms with Crippen LogP contribution in [0.25, 0.3) is 0 Å². The van der Waals surface area contributed by atoms with Crippen molar-refractivity contribution in [3.8, 4) is 0 Å². The van der Waals surface area contributed by atoms with Gasteiger partial charge in [0.1, 0.15) is 0 Å². The zero-order chi connectivity index (χ0) is 18.5. The van der Waals surface area contributed by atoms with Gasteiger partial charge in [-0.05, 0) is 11.8 Å². The molecular formula is C23H50O. The molecule has 3 aliphatic carbocycles. The average Bonchev–Trinajstić information content (AvgIpc) is 3.36. The van der Waals surface area contributed by atoms with Gasteiger partial charge in [-0.15, -0.1) is 0 Å². The fourth-order valence-electron chi connectivity index (χ4n) is 3.07. The fourth-order valence-corrected chi connectivity index (χ4v) is 3.07. The van der Waals surface area contributed by atoms with Crippen LogP contribution >= 0.6 is 0 Å². The number of aliphatic hydroxyl groups excluding tert-OH is 1. The van der Waals surface area contributed by atoms with E-state index in [2.05, 4.69) is 27.7 Å². The quantitative estimate of drug-likeness (QED) is 0.509. The van der Waals surface area contributed by atoms with Crippen molar-refractivity contribution in [3.63, 3.8) is 0 Å². The topological polar surface area (TPSA) is 20.2 Å². The summed E-state index contributed by atoms with van der Waals surface area (Å²) in [5, 5.41) is 7.00. The highest BCUT2D eigenvalue weighted by atomic mass is 16.2. The Balaban J connectivity index is 0. The third-order valence-corrected chi connectivity index (χ3v) is 5.21. The van der Waals surface area contributed by atoms with E-state index in [-0.39, 0.29) is 0 Å². The van der Waals surface area contributed by atoms with Gasteiger partial charge in [-0.2, -0.15) is 0 Å². The molecule has 1 heteroatoms. The molecule has 0 aliphatic heterocycles. The molecule has 3 aliphatic rings. The summed E-state index contributed by atoms with van der Waals surface area (Å²) in [7, 11) is 1.00. The van der Waals surface area contributed by atoms with E-state index in [0.717, 1.165) is 18.9 Å². The summed E-state index contributed by atoms with van der Waals surface area (Å²) in [6, 6.07) is 0. The van der Waals surface area contributed by atoms with Crippen LogP contribution in [-0.2, 0) is 0 Å². The zero-order valence-electron chi connectivity index (χ0n) is 17.9. The molecule has 3 saturated carbocycles. The van der Waals surface area contributed by atoms with E-state index in [9.17, 15) is 0 Å². The minimum Gasteiger partial charge on any atom is -0.400 e. The van der Waals surface area contributed by atoms with Gasteiger partial charge >= 0.3 is 0 Å². The van der Waals surface area contributed by atoms with Crippen molar-refractivity contribution >= 4 is 0 Å². The molecule has 0 amide bonds. The molecule has 1 N–H and O–H groups in total. The Hall–Kier alpha value is -0.0400. The second-order valence-electron chi connectivity index (χ2n) is 8.08. The molecule has 0 radical (unpaired) electrons. The summed E-state index contributed by atoms with van der Waals surface area (Å²) in [5.74, 6) is 1.93. The number of hydrogen-bond acceptors (Lipinski definition) is 1. The third kappa shape index (κ3) is 24.2. The van der Waals surface area contributed by atoms with Crippen LogP contribution in [0.1, 0.15) is 130 Å². The molecule has 24 heavy (non-hydrogen) atoms. The van der Waals surface area contributed by atoms with Crippen LogP contribution in [0.5, 0.6) is 0 Å². The van der Waals surface area contributed by atoms with Crippen molar-refractivity contribution < 1.29 is 5.11 Å². The number of hydrogen-bond donors (Lipinski definition) is 1. The minimum atomic E-state index is 0.884. The normalized spacial score (nSPS) is 19.6. The van der Waals surface area contributed by atoms with Crippen molar-refractivity contribution in [2.45, 2.75) is 130 Å². The van der Waals surface area contributed by atoms with E-state index in [1.54, 1.807) is 0 Å². The highest BCUT2D eigenvalue weighted by molar-refractivity contribution is 4.60. The Morgan fingerprint density at radius 2 is 0.833 bits per heavy atom. The highest BCUT2D eigenvalue weighted by Crippen LogP contribution is 2.23. The summed E-state index contributed by atoms with van der Waals surface area (Å²) < 4.78 is 0. The van der Waals surface area contributed by atoms with Gasteiger partial charge in [0.15, 0.2) is 0 Å². The van der Waals surface area contributed by atoms with Crippen molar-refractivity contribution in [2.24, 2.45) is 11.8 Å². The number of aliphatic hydroxyl groups is 1. The first kappa shape index (κ1) is 26.2. The van der Waals surface area contributed by atoms with Gasteiger partial charge in [-0.3, -0.25) is 0 Å². The average molecular weight is 343 g/mol. The molecule has 0 aromatic rings. The van der Waals surface area contributed by atoms with Crippen LogP contribution in [0.3, 0.4) is 0 Å². The Kier molecular flexibility index (Phi) is 25.1. The largest absolute Gasteiger partial charge is 0.400 e. The molecule has 0 aromatic carbocycles. The first-order chi connectivity index (χ1) is 11.7. The van der Waals surface area contributed by atoms with Crippen LogP contribution < -0.4 is 0 Å². The second-order valence-corrected chi connectivity index (χ2v) is 8.08. The molecule has 0 aromatic heterocycles. The van der Waals surface area contributed by atoms with Crippen LogP contribution in [0.4, 0.5) is 0 Å². The maximum atomic E-state index is 7.00. The minimum absolute atomic E-state index is 0.884. The van der Waals surface area contributed by atoms with Crippen molar-refractivity contribution in [1.29, 1.82) is 0 Å². The lowest BCUT2D eigenvalue weighted by atomic mass is 10.0. The van der Waals surface area contributed by atoms with Crippen molar-refractivity contribution in [3.05, 3.63) is 0 Å². The first-order valence-electron chi connectivity index (χ1n) is 11.1. The molecule has 0 bridgehead atoms. The summed E-state index contributed by atoms with van der Waals surface area (Å²) in [4.78, 5) is 0. The predicted octanol–water partition coefficient (Wildman–Crippen LogP) is 8.15. The highest BCUT2D eigenvalue weighted by Gasteiger charge is 2.07. The molecule has 3 fully saturated rings. The Bertz CT molecular complexity index is 167. The maximum Gasteiger partial charge on any atom is 0.0319 e. The van der Waals surface area contributed by atoms with Gasteiger partial charge in [-0.25, -0.2) is 0 Å². The fraction of sp³-hybridized carbons (Fsp3) is 1.00. The summed E-state index contributed by atoms with van der Waals surface area (Å²) in [5.41, 5.74) is 0. The molecule has 0 heterocycles. The van der Waals surface area contributed by atoms with E-state index < -0.39 is 0 Å². The smallest absolute Gasteiger partial charge is 0.0319 e. The first-order valence-corrected chi connectivity index (χ1v) is 11.1. The van der Waals surface area contributed by atoms with Gasteiger partial charge in [0.25, 0.3) is 0 Å². The van der Waals surface area contributed by atoms with E-state index in [1.807, 2.05) is 0 Å². The van der Waals surface area contributed by atoms with E-state index >= 15 is 0 Å². The predicted molar refractivity (Wildman–Crippen MR) is 112 cm³/mol. The van der Waals surface area contributed by atoms with Gasteiger partial charge in [0, 0.05) is 7.11 Å². The monoisotopic (exact) mass is 342 g/mol. The Morgan fingerprint density at radius 3 is 0.917 bits per heavy atom. The van der Waals surface area contributed by atoms with Gasteiger partial charge in [-0.1, -0.05) is 130 Å². The van der Waals surface area contributed by atoms with Gasteiger partial charge in [0.2, 0.25) is 0 Å². The lowest BCUT2D eigenvalue weighted by molar-refractivity contribution is 0.399. The van der Waals surface area contributed by atoms with Crippen LogP contribution in [-0.4, -0.2) is 12.2 Å².